The lowest BCUT2D eigenvalue weighted by Crippen LogP contribution is -2.33. The molecule has 0 spiro atoms. The Kier molecular flexibility index (Phi) is 3.04. The molecule has 2 unspecified atom stereocenters. The molecule has 2 aliphatic rings. The van der Waals surface area contributed by atoms with Gasteiger partial charge in [-0.1, -0.05) is 13.8 Å². The van der Waals surface area contributed by atoms with Gasteiger partial charge in [0.2, 0.25) is 15.9 Å². The summed E-state index contributed by atoms with van der Waals surface area (Å²) in [5.74, 6) is -0.0772. The van der Waals surface area contributed by atoms with Gasteiger partial charge in [-0.3, -0.25) is 4.79 Å². The average molecular weight is 310 g/mol. The van der Waals surface area contributed by atoms with E-state index in [9.17, 15) is 13.2 Å². The predicted molar refractivity (Wildman–Crippen MR) is 76.4 cm³/mol. The van der Waals surface area contributed by atoms with E-state index in [1.165, 1.54) is 12.1 Å². The van der Waals surface area contributed by atoms with Gasteiger partial charge in [0.25, 0.3) is 0 Å². The minimum atomic E-state index is -3.79. The van der Waals surface area contributed by atoms with Crippen LogP contribution >= 0.6 is 0 Å². The van der Waals surface area contributed by atoms with Crippen LogP contribution in [0.2, 0.25) is 0 Å². The van der Waals surface area contributed by atoms with Crippen molar-refractivity contribution in [2.45, 2.75) is 37.1 Å². The summed E-state index contributed by atoms with van der Waals surface area (Å²) in [6.45, 7) is 4.41. The highest BCUT2D eigenvalue weighted by Crippen LogP contribution is 2.45. The van der Waals surface area contributed by atoms with Gasteiger partial charge < -0.3 is 10.1 Å². The molecular weight excluding hydrogens is 292 g/mol. The lowest BCUT2D eigenvalue weighted by atomic mass is 10.0. The van der Waals surface area contributed by atoms with Crippen LogP contribution in [0.5, 0.6) is 5.75 Å². The Morgan fingerprint density at radius 3 is 2.67 bits per heavy atom. The van der Waals surface area contributed by atoms with Crippen LogP contribution in [0.15, 0.2) is 23.1 Å². The second-order valence-electron chi connectivity index (χ2n) is 6.36. The zero-order valence-electron chi connectivity index (χ0n) is 11.9. The van der Waals surface area contributed by atoms with Crippen molar-refractivity contribution in [3.05, 3.63) is 23.8 Å². The van der Waals surface area contributed by atoms with Crippen molar-refractivity contribution in [3.8, 4) is 5.75 Å². The third kappa shape index (κ3) is 2.63. The van der Waals surface area contributed by atoms with Crippen LogP contribution in [-0.4, -0.2) is 27.0 Å². The minimum absolute atomic E-state index is 0.00342. The number of hydrogen-bond acceptors (Lipinski definition) is 4. The van der Waals surface area contributed by atoms with Gasteiger partial charge in [-0.25, -0.2) is 13.6 Å². The molecule has 0 aromatic heterocycles. The normalized spacial score (nSPS) is 25.9. The fourth-order valence-corrected chi connectivity index (χ4v) is 3.12. The van der Waals surface area contributed by atoms with Gasteiger partial charge in [-0.2, -0.15) is 0 Å². The number of fused-ring (bicyclic) bond motifs is 1. The van der Waals surface area contributed by atoms with E-state index in [1.807, 2.05) is 0 Å². The Balaban J connectivity index is 1.84. The smallest absolute Gasteiger partial charge is 0.238 e. The molecule has 1 aliphatic heterocycles. The largest absolute Gasteiger partial charge is 0.492 e. The quantitative estimate of drug-likeness (QED) is 0.859. The summed E-state index contributed by atoms with van der Waals surface area (Å²) in [4.78, 5) is 12.3. The van der Waals surface area contributed by atoms with Crippen LogP contribution in [0.1, 0.15) is 31.7 Å². The molecule has 0 radical (unpaired) electrons. The molecule has 1 fully saturated rings. The number of sulfonamides is 1. The number of amides is 1. The van der Waals surface area contributed by atoms with Crippen molar-refractivity contribution in [2.24, 2.45) is 10.6 Å². The number of primary sulfonamides is 1. The first kappa shape index (κ1) is 14.3. The second-order valence-corrected chi connectivity index (χ2v) is 7.92. The second kappa shape index (κ2) is 4.45. The molecule has 2 atom stereocenters. The number of nitrogens with two attached hydrogens (primary N) is 1. The molecule has 114 valence electrons. The molecule has 3 rings (SSSR count). The van der Waals surface area contributed by atoms with E-state index in [4.69, 9.17) is 9.88 Å². The Labute approximate surface area is 123 Å². The van der Waals surface area contributed by atoms with Crippen molar-refractivity contribution in [1.29, 1.82) is 0 Å². The van der Waals surface area contributed by atoms with Crippen molar-refractivity contribution in [3.63, 3.8) is 0 Å². The van der Waals surface area contributed by atoms with Crippen molar-refractivity contribution >= 4 is 15.9 Å². The number of carbonyl (C=O) groups excluding carboxylic acids is 1. The van der Waals surface area contributed by atoms with E-state index in [2.05, 4.69) is 19.2 Å². The summed E-state index contributed by atoms with van der Waals surface area (Å²) in [5, 5.41) is 8.12. The fourth-order valence-electron chi connectivity index (χ4n) is 2.57. The van der Waals surface area contributed by atoms with Crippen molar-refractivity contribution < 1.29 is 17.9 Å². The molecular formula is C14H18N2O4S. The molecule has 6 nitrogen and oxygen atoms in total. The van der Waals surface area contributed by atoms with Gasteiger partial charge in [0.05, 0.1) is 4.90 Å². The van der Waals surface area contributed by atoms with Gasteiger partial charge in [0, 0.05) is 11.6 Å². The Morgan fingerprint density at radius 2 is 2.10 bits per heavy atom. The molecule has 1 amide bonds. The Morgan fingerprint density at radius 1 is 1.43 bits per heavy atom. The van der Waals surface area contributed by atoms with Gasteiger partial charge >= 0.3 is 0 Å². The summed E-state index contributed by atoms with van der Waals surface area (Å²) in [6, 6.07) is 4.54. The van der Waals surface area contributed by atoms with Crippen LogP contribution in [0, 0.1) is 5.41 Å². The van der Waals surface area contributed by atoms with Crippen LogP contribution in [0.25, 0.3) is 0 Å². The highest BCUT2D eigenvalue weighted by Gasteiger charge is 2.47. The Hall–Kier alpha value is -1.60. The maximum absolute atomic E-state index is 12.3. The molecule has 0 saturated heterocycles. The van der Waals surface area contributed by atoms with Crippen molar-refractivity contribution in [1.82, 2.24) is 5.32 Å². The first-order chi connectivity index (χ1) is 9.68. The maximum Gasteiger partial charge on any atom is 0.238 e. The summed E-state index contributed by atoms with van der Waals surface area (Å²) < 4.78 is 28.3. The molecule has 1 heterocycles. The summed E-state index contributed by atoms with van der Waals surface area (Å²) in [5.41, 5.74) is 0.720. The fraction of sp³-hybridized carbons (Fsp3) is 0.500. The standard InChI is InChI=1S/C14H18N2O4S/c1-14(2)6-12(14)16-13(17)10-7-20-11-4-3-8(5-9(10)11)21(15,18)19/h3-5,10,12H,6-7H2,1-2H3,(H,16,17)(H2,15,18,19). The van der Waals surface area contributed by atoms with Crippen molar-refractivity contribution in [2.75, 3.05) is 6.61 Å². The summed E-state index contributed by atoms with van der Waals surface area (Å²) >= 11 is 0. The zero-order valence-corrected chi connectivity index (χ0v) is 12.7. The predicted octanol–water partition coefficient (Wildman–Crippen LogP) is 0.725. The van der Waals surface area contributed by atoms with Gasteiger partial charge in [0.1, 0.15) is 18.3 Å². The van der Waals surface area contributed by atoms with E-state index in [0.717, 1.165) is 6.42 Å². The van der Waals surface area contributed by atoms with Gasteiger partial charge in [-0.15, -0.1) is 0 Å². The molecule has 0 bridgehead atoms. The maximum atomic E-state index is 12.3. The number of hydrogen-bond donors (Lipinski definition) is 2. The number of carbonyl (C=O) groups is 1. The first-order valence-corrected chi connectivity index (χ1v) is 8.33. The van der Waals surface area contributed by atoms with Crippen LogP contribution in [-0.2, 0) is 14.8 Å². The molecule has 21 heavy (non-hydrogen) atoms. The lowest BCUT2D eigenvalue weighted by Gasteiger charge is -2.12. The topological polar surface area (TPSA) is 98.5 Å². The molecule has 1 saturated carbocycles. The highest BCUT2D eigenvalue weighted by atomic mass is 32.2. The molecule has 1 aromatic rings. The number of nitrogens with one attached hydrogen (secondary N) is 1. The monoisotopic (exact) mass is 310 g/mol. The van der Waals surface area contributed by atoms with Gasteiger partial charge in [-0.05, 0) is 30.0 Å². The molecule has 3 N–H and O–H groups in total. The first-order valence-electron chi connectivity index (χ1n) is 6.78. The number of benzene rings is 1. The van der Waals surface area contributed by atoms with E-state index in [0.29, 0.717) is 11.3 Å². The molecule has 1 aliphatic carbocycles. The zero-order chi connectivity index (χ0) is 15.4. The molecule has 7 heteroatoms. The minimum Gasteiger partial charge on any atom is -0.492 e. The van der Waals surface area contributed by atoms with Crippen LogP contribution in [0.4, 0.5) is 0 Å². The SMILES string of the molecule is CC1(C)CC1NC(=O)C1COc2ccc(S(N)(=O)=O)cc21. The van der Waals surface area contributed by atoms with E-state index in [-0.39, 0.29) is 28.9 Å². The molecule has 1 aromatic carbocycles. The van der Waals surface area contributed by atoms with Crippen LogP contribution < -0.4 is 15.2 Å². The van der Waals surface area contributed by atoms with E-state index in [1.54, 1.807) is 6.07 Å². The average Bonchev–Trinajstić information content (AvgIpc) is 2.82. The van der Waals surface area contributed by atoms with Gasteiger partial charge in [0.15, 0.2) is 0 Å². The Bertz CT molecular complexity index is 712. The third-order valence-corrected chi connectivity index (χ3v) is 5.15. The summed E-state index contributed by atoms with van der Waals surface area (Å²) in [6.07, 6.45) is 0.955. The third-order valence-electron chi connectivity index (χ3n) is 4.24. The number of ether oxygens (including phenoxy) is 1. The highest BCUT2D eigenvalue weighted by molar-refractivity contribution is 7.89. The summed E-state index contributed by atoms with van der Waals surface area (Å²) in [7, 11) is -3.79. The van der Waals surface area contributed by atoms with E-state index >= 15 is 0 Å². The van der Waals surface area contributed by atoms with E-state index < -0.39 is 15.9 Å². The number of rotatable bonds is 3. The lowest BCUT2D eigenvalue weighted by molar-refractivity contribution is -0.123. The van der Waals surface area contributed by atoms with Crippen LogP contribution in [0.3, 0.4) is 0 Å².